The highest BCUT2D eigenvalue weighted by Crippen LogP contribution is 2.20. The highest BCUT2D eigenvalue weighted by atomic mass is 19.1. The number of anilines is 2. The van der Waals surface area contributed by atoms with E-state index in [1.807, 2.05) is 0 Å². The number of nitrogens with two attached hydrogens (primary N) is 2. The lowest BCUT2D eigenvalue weighted by Crippen LogP contribution is -2.35. The van der Waals surface area contributed by atoms with Gasteiger partial charge in [0, 0.05) is 12.6 Å². The Hall–Kier alpha value is -1.92. The Bertz CT molecular complexity index is 411. The molecule has 0 bridgehead atoms. The van der Waals surface area contributed by atoms with Gasteiger partial charge in [0.1, 0.15) is 0 Å². The zero-order valence-corrected chi connectivity index (χ0v) is 8.70. The van der Waals surface area contributed by atoms with Gasteiger partial charge in [0.2, 0.25) is 5.91 Å². The second kappa shape index (κ2) is 4.73. The number of carbonyl (C=O) groups is 1. The Morgan fingerprint density at radius 3 is 2.62 bits per heavy atom. The number of amides is 1. The van der Waals surface area contributed by atoms with Crippen LogP contribution >= 0.6 is 0 Å². The van der Waals surface area contributed by atoms with Crippen molar-refractivity contribution in [1.29, 1.82) is 0 Å². The standard InChI is InChI=1S/C9H12F2N4O/c1-2-15(4-7(12)16)9-6(11)3-5(10)8(13)14-9/h3H,2,4H2,1H3,(H2,12,16)(H2,13,14). The van der Waals surface area contributed by atoms with Gasteiger partial charge in [-0.3, -0.25) is 4.79 Å². The number of primary amides is 1. The van der Waals surface area contributed by atoms with Gasteiger partial charge in [-0.15, -0.1) is 0 Å². The minimum Gasteiger partial charge on any atom is -0.381 e. The molecule has 0 atom stereocenters. The molecule has 0 saturated carbocycles. The predicted octanol–water partition coefficient (Wildman–Crippen LogP) is 0.254. The van der Waals surface area contributed by atoms with Gasteiger partial charge < -0.3 is 16.4 Å². The summed E-state index contributed by atoms with van der Waals surface area (Å²) in [6, 6.07) is 0.626. The smallest absolute Gasteiger partial charge is 0.236 e. The topological polar surface area (TPSA) is 85.2 Å². The van der Waals surface area contributed by atoms with Crippen LogP contribution in [0.15, 0.2) is 6.07 Å². The van der Waals surface area contributed by atoms with E-state index < -0.39 is 23.4 Å². The van der Waals surface area contributed by atoms with Crippen LogP contribution < -0.4 is 16.4 Å². The molecule has 0 saturated heterocycles. The molecule has 88 valence electrons. The molecule has 5 nitrogen and oxygen atoms in total. The molecule has 1 amide bonds. The van der Waals surface area contributed by atoms with Gasteiger partial charge in [0.25, 0.3) is 0 Å². The van der Waals surface area contributed by atoms with Gasteiger partial charge in [0.15, 0.2) is 23.3 Å². The van der Waals surface area contributed by atoms with Crippen LogP contribution in [-0.4, -0.2) is 24.0 Å². The summed E-state index contributed by atoms with van der Waals surface area (Å²) >= 11 is 0. The zero-order chi connectivity index (χ0) is 12.3. The fourth-order valence-electron chi connectivity index (χ4n) is 1.22. The normalized spacial score (nSPS) is 10.2. The minimum atomic E-state index is -0.934. The molecule has 0 radical (unpaired) electrons. The van der Waals surface area contributed by atoms with Crippen LogP contribution in [0.25, 0.3) is 0 Å². The molecule has 4 N–H and O–H groups in total. The molecule has 0 spiro atoms. The average molecular weight is 230 g/mol. The third-order valence-corrected chi connectivity index (χ3v) is 1.97. The van der Waals surface area contributed by atoms with E-state index in [4.69, 9.17) is 11.5 Å². The predicted molar refractivity (Wildman–Crippen MR) is 55.6 cm³/mol. The number of likely N-dealkylation sites (N-methyl/N-ethyl adjacent to an activating group) is 1. The summed E-state index contributed by atoms with van der Waals surface area (Å²) in [6.45, 7) is 1.78. The van der Waals surface area contributed by atoms with Crippen molar-refractivity contribution in [3.8, 4) is 0 Å². The lowest BCUT2D eigenvalue weighted by atomic mass is 10.3. The maximum absolute atomic E-state index is 13.4. The number of nitrogen functional groups attached to an aromatic ring is 1. The van der Waals surface area contributed by atoms with E-state index >= 15 is 0 Å². The van der Waals surface area contributed by atoms with E-state index in [9.17, 15) is 13.6 Å². The van der Waals surface area contributed by atoms with Gasteiger partial charge >= 0.3 is 0 Å². The Balaban J connectivity index is 3.09. The van der Waals surface area contributed by atoms with Gasteiger partial charge in [-0.1, -0.05) is 0 Å². The van der Waals surface area contributed by atoms with Gasteiger partial charge in [-0.2, -0.15) is 0 Å². The molecule has 1 aromatic heterocycles. The second-order valence-corrected chi connectivity index (χ2v) is 3.14. The zero-order valence-electron chi connectivity index (χ0n) is 8.70. The summed E-state index contributed by atoms with van der Waals surface area (Å²) in [4.78, 5) is 15.5. The van der Waals surface area contributed by atoms with E-state index in [1.165, 1.54) is 4.90 Å². The molecule has 0 aliphatic carbocycles. The summed E-state index contributed by atoms with van der Waals surface area (Å²) in [5.74, 6) is -3.04. The molecule has 16 heavy (non-hydrogen) atoms. The maximum Gasteiger partial charge on any atom is 0.236 e. The lowest BCUT2D eigenvalue weighted by Gasteiger charge is -2.20. The Morgan fingerprint density at radius 2 is 2.12 bits per heavy atom. The van der Waals surface area contributed by atoms with Crippen LogP contribution in [-0.2, 0) is 4.79 Å². The van der Waals surface area contributed by atoms with Crippen LogP contribution in [0.2, 0.25) is 0 Å². The molecule has 1 heterocycles. The summed E-state index contributed by atoms with van der Waals surface area (Å²) in [5, 5.41) is 0. The fourth-order valence-corrected chi connectivity index (χ4v) is 1.22. The molecule has 0 aromatic carbocycles. The molecule has 7 heteroatoms. The summed E-state index contributed by atoms with van der Waals surface area (Å²) in [5.41, 5.74) is 10.2. The van der Waals surface area contributed by atoms with Crippen LogP contribution in [0.3, 0.4) is 0 Å². The molecule has 0 aliphatic heterocycles. The third-order valence-electron chi connectivity index (χ3n) is 1.97. The summed E-state index contributed by atoms with van der Waals surface area (Å²) in [7, 11) is 0. The van der Waals surface area contributed by atoms with Crippen molar-refractivity contribution < 1.29 is 13.6 Å². The van der Waals surface area contributed by atoms with E-state index in [1.54, 1.807) is 6.92 Å². The number of pyridine rings is 1. The first-order chi connectivity index (χ1) is 7.45. The average Bonchev–Trinajstić information content (AvgIpc) is 2.20. The fraction of sp³-hybridized carbons (Fsp3) is 0.333. The van der Waals surface area contributed by atoms with Crippen LogP contribution in [0, 0.1) is 11.6 Å². The van der Waals surface area contributed by atoms with Crippen LogP contribution in [0.1, 0.15) is 6.92 Å². The van der Waals surface area contributed by atoms with Crippen molar-refractivity contribution >= 4 is 17.5 Å². The Kier molecular flexibility index (Phi) is 3.60. The molecular formula is C9H12F2N4O. The van der Waals surface area contributed by atoms with Gasteiger partial charge in [-0.25, -0.2) is 13.8 Å². The monoisotopic (exact) mass is 230 g/mol. The quantitative estimate of drug-likeness (QED) is 0.776. The molecule has 0 aliphatic rings. The first kappa shape index (κ1) is 12.2. The molecule has 0 fully saturated rings. The third kappa shape index (κ3) is 2.56. The highest BCUT2D eigenvalue weighted by Gasteiger charge is 2.16. The number of hydrogen-bond acceptors (Lipinski definition) is 4. The SMILES string of the molecule is CCN(CC(N)=O)c1nc(N)c(F)cc1F. The number of halogens is 2. The number of rotatable bonds is 4. The minimum absolute atomic E-state index is 0.180. The Morgan fingerprint density at radius 1 is 1.50 bits per heavy atom. The lowest BCUT2D eigenvalue weighted by molar-refractivity contribution is -0.116. The molecule has 0 unspecified atom stereocenters. The number of aromatic nitrogens is 1. The van der Waals surface area contributed by atoms with E-state index in [0.717, 1.165) is 0 Å². The van der Waals surface area contributed by atoms with E-state index in [2.05, 4.69) is 4.98 Å². The molecule has 1 aromatic rings. The molecular weight excluding hydrogens is 218 g/mol. The van der Waals surface area contributed by atoms with Crippen LogP contribution in [0.5, 0.6) is 0 Å². The van der Waals surface area contributed by atoms with Crippen molar-refractivity contribution in [3.63, 3.8) is 0 Å². The largest absolute Gasteiger partial charge is 0.381 e. The van der Waals surface area contributed by atoms with Crippen molar-refractivity contribution in [2.45, 2.75) is 6.92 Å². The van der Waals surface area contributed by atoms with Crippen molar-refractivity contribution in [2.75, 3.05) is 23.7 Å². The number of carbonyl (C=O) groups excluding carboxylic acids is 1. The van der Waals surface area contributed by atoms with Gasteiger partial charge in [-0.05, 0) is 6.92 Å². The van der Waals surface area contributed by atoms with E-state index in [-0.39, 0.29) is 12.4 Å². The van der Waals surface area contributed by atoms with Crippen molar-refractivity contribution in [3.05, 3.63) is 17.7 Å². The van der Waals surface area contributed by atoms with Crippen molar-refractivity contribution in [2.24, 2.45) is 5.73 Å². The van der Waals surface area contributed by atoms with Gasteiger partial charge in [0.05, 0.1) is 6.54 Å². The van der Waals surface area contributed by atoms with Crippen LogP contribution in [0.4, 0.5) is 20.4 Å². The number of hydrogen-bond donors (Lipinski definition) is 2. The highest BCUT2D eigenvalue weighted by molar-refractivity contribution is 5.79. The first-order valence-corrected chi connectivity index (χ1v) is 4.60. The second-order valence-electron chi connectivity index (χ2n) is 3.14. The van der Waals surface area contributed by atoms with Crippen molar-refractivity contribution in [1.82, 2.24) is 4.98 Å². The first-order valence-electron chi connectivity index (χ1n) is 4.60. The Labute approximate surface area is 91.0 Å². The summed E-state index contributed by atoms with van der Waals surface area (Å²) < 4.78 is 26.2. The van der Waals surface area contributed by atoms with E-state index in [0.29, 0.717) is 12.6 Å². The number of nitrogens with zero attached hydrogens (tertiary/aromatic N) is 2. The maximum atomic E-state index is 13.4. The summed E-state index contributed by atoms with van der Waals surface area (Å²) in [6.07, 6.45) is 0. The molecule has 1 rings (SSSR count).